The highest BCUT2D eigenvalue weighted by atomic mass is 16.5. The highest BCUT2D eigenvalue weighted by Gasteiger charge is 2.48. The monoisotopic (exact) mass is 345 g/mol. The number of aryl methyl sites for hydroxylation is 1. The molecular formula is C19H27N3O3. The first kappa shape index (κ1) is 17.9. The summed E-state index contributed by atoms with van der Waals surface area (Å²) in [5.41, 5.74) is 0.621. The lowest BCUT2D eigenvalue weighted by molar-refractivity contribution is -0.169. The van der Waals surface area contributed by atoms with Crippen LogP contribution in [0.2, 0.25) is 0 Å². The van der Waals surface area contributed by atoms with Crippen molar-refractivity contribution in [1.82, 2.24) is 14.8 Å². The predicted octanol–water partition coefficient (Wildman–Crippen LogP) is 2.02. The van der Waals surface area contributed by atoms with Crippen molar-refractivity contribution in [3.8, 4) is 0 Å². The molecular weight excluding hydrogens is 318 g/mol. The molecule has 0 saturated carbocycles. The van der Waals surface area contributed by atoms with Crippen LogP contribution >= 0.6 is 0 Å². The molecule has 3 rings (SSSR count). The average Bonchev–Trinajstić information content (AvgIpc) is 2.74. The number of ether oxygens (including phenoxy) is 1. The summed E-state index contributed by atoms with van der Waals surface area (Å²) in [6.07, 6.45) is 5.90. The van der Waals surface area contributed by atoms with Gasteiger partial charge in [0, 0.05) is 31.5 Å². The van der Waals surface area contributed by atoms with Gasteiger partial charge in [-0.1, -0.05) is 0 Å². The van der Waals surface area contributed by atoms with E-state index in [0.29, 0.717) is 31.7 Å². The van der Waals surface area contributed by atoms with Gasteiger partial charge in [-0.25, -0.2) is 0 Å². The van der Waals surface area contributed by atoms with E-state index in [0.717, 1.165) is 24.9 Å². The van der Waals surface area contributed by atoms with E-state index in [9.17, 15) is 9.59 Å². The molecule has 1 aromatic heterocycles. The van der Waals surface area contributed by atoms with E-state index < -0.39 is 5.60 Å². The number of nitrogens with zero attached hydrogens (tertiary/aromatic N) is 3. The van der Waals surface area contributed by atoms with E-state index in [4.69, 9.17) is 4.74 Å². The number of pyridine rings is 1. The minimum absolute atomic E-state index is 0.0277. The number of hydrogen-bond donors (Lipinski definition) is 0. The predicted molar refractivity (Wildman–Crippen MR) is 94.3 cm³/mol. The summed E-state index contributed by atoms with van der Waals surface area (Å²) >= 11 is 0. The average molecular weight is 345 g/mol. The highest BCUT2D eigenvalue weighted by Crippen LogP contribution is 2.31. The summed E-state index contributed by atoms with van der Waals surface area (Å²) in [5.74, 6) is -0.0492. The zero-order chi connectivity index (χ0) is 18.0. The molecule has 2 aliphatic heterocycles. The van der Waals surface area contributed by atoms with Crippen LogP contribution in [0.1, 0.15) is 49.0 Å². The summed E-state index contributed by atoms with van der Waals surface area (Å²) in [7, 11) is 0. The standard InChI is InChI=1S/C19H27N3O3/c1-14(2)22-7-5-4-6-19(18(22)24)13-21(8-9-25-19)17(23)16-10-15(3)11-20-12-16/h10-12,14H,4-9,13H2,1-3H3. The zero-order valence-corrected chi connectivity index (χ0v) is 15.3. The summed E-state index contributed by atoms with van der Waals surface area (Å²) < 4.78 is 6.02. The number of aromatic nitrogens is 1. The first-order chi connectivity index (χ1) is 11.9. The fraction of sp³-hybridized carbons (Fsp3) is 0.632. The molecule has 2 fully saturated rings. The largest absolute Gasteiger partial charge is 0.361 e. The van der Waals surface area contributed by atoms with E-state index >= 15 is 0 Å². The van der Waals surface area contributed by atoms with E-state index in [1.54, 1.807) is 17.3 Å². The highest BCUT2D eigenvalue weighted by molar-refractivity contribution is 5.95. The summed E-state index contributed by atoms with van der Waals surface area (Å²) in [5, 5.41) is 0. The van der Waals surface area contributed by atoms with Gasteiger partial charge in [0.15, 0.2) is 5.60 Å². The molecule has 6 heteroatoms. The van der Waals surface area contributed by atoms with Gasteiger partial charge in [-0.2, -0.15) is 0 Å². The fourth-order valence-corrected chi connectivity index (χ4v) is 3.75. The Morgan fingerprint density at radius 1 is 1.28 bits per heavy atom. The Morgan fingerprint density at radius 3 is 2.80 bits per heavy atom. The second-order valence-corrected chi connectivity index (χ2v) is 7.37. The lowest BCUT2D eigenvalue weighted by atomic mass is 9.93. The molecule has 1 spiro atoms. The fourth-order valence-electron chi connectivity index (χ4n) is 3.75. The molecule has 0 aliphatic carbocycles. The minimum atomic E-state index is -0.897. The van der Waals surface area contributed by atoms with Gasteiger partial charge in [0.2, 0.25) is 0 Å². The van der Waals surface area contributed by atoms with Crippen LogP contribution in [0.4, 0.5) is 0 Å². The van der Waals surface area contributed by atoms with Crippen molar-refractivity contribution in [1.29, 1.82) is 0 Å². The molecule has 1 atom stereocenters. The van der Waals surface area contributed by atoms with Crippen molar-refractivity contribution in [2.75, 3.05) is 26.2 Å². The Morgan fingerprint density at radius 2 is 2.08 bits per heavy atom. The Hall–Kier alpha value is -1.95. The van der Waals surface area contributed by atoms with Gasteiger partial charge in [-0.15, -0.1) is 0 Å². The Balaban J connectivity index is 1.84. The third-order valence-electron chi connectivity index (χ3n) is 5.10. The summed E-state index contributed by atoms with van der Waals surface area (Å²) in [4.78, 5) is 33.8. The van der Waals surface area contributed by atoms with Crippen LogP contribution < -0.4 is 0 Å². The molecule has 0 N–H and O–H groups in total. The van der Waals surface area contributed by atoms with E-state index in [2.05, 4.69) is 4.98 Å². The number of rotatable bonds is 2. The van der Waals surface area contributed by atoms with Crippen LogP contribution in [-0.4, -0.2) is 64.5 Å². The number of likely N-dealkylation sites (tertiary alicyclic amines) is 1. The number of morpholine rings is 1. The molecule has 2 amide bonds. The Kier molecular flexibility index (Phi) is 5.08. The molecule has 1 unspecified atom stereocenters. The molecule has 6 nitrogen and oxygen atoms in total. The van der Waals surface area contributed by atoms with Gasteiger partial charge >= 0.3 is 0 Å². The first-order valence-electron chi connectivity index (χ1n) is 9.09. The van der Waals surface area contributed by atoms with Gasteiger partial charge in [0.1, 0.15) is 0 Å². The maximum absolute atomic E-state index is 13.2. The Bertz CT molecular complexity index is 661. The lowest BCUT2D eigenvalue weighted by Gasteiger charge is -2.43. The quantitative estimate of drug-likeness (QED) is 0.823. The van der Waals surface area contributed by atoms with Gasteiger partial charge in [-0.3, -0.25) is 14.6 Å². The van der Waals surface area contributed by atoms with Gasteiger partial charge in [-0.05, 0) is 51.7 Å². The van der Waals surface area contributed by atoms with Crippen molar-refractivity contribution in [2.45, 2.75) is 51.7 Å². The third-order valence-corrected chi connectivity index (χ3v) is 5.10. The van der Waals surface area contributed by atoms with Crippen LogP contribution in [0.15, 0.2) is 18.5 Å². The second kappa shape index (κ2) is 7.12. The van der Waals surface area contributed by atoms with Crippen molar-refractivity contribution < 1.29 is 14.3 Å². The molecule has 1 aromatic rings. The van der Waals surface area contributed by atoms with E-state index in [-0.39, 0.29) is 17.9 Å². The van der Waals surface area contributed by atoms with Gasteiger partial charge < -0.3 is 14.5 Å². The van der Waals surface area contributed by atoms with Crippen LogP contribution in [-0.2, 0) is 9.53 Å². The van der Waals surface area contributed by atoms with Crippen molar-refractivity contribution in [3.05, 3.63) is 29.6 Å². The van der Waals surface area contributed by atoms with Gasteiger partial charge in [0.05, 0.1) is 18.7 Å². The number of amides is 2. The third kappa shape index (κ3) is 3.54. The topological polar surface area (TPSA) is 62.7 Å². The molecule has 2 saturated heterocycles. The molecule has 25 heavy (non-hydrogen) atoms. The van der Waals surface area contributed by atoms with Crippen molar-refractivity contribution in [3.63, 3.8) is 0 Å². The molecule has 3 heterocycles. The zero-order valence-electron chi connectivity index (χ0n) is 15.3. The van der Waals surface area contributed by atoms with E-state index in [1.807, 2.05) is 31.7 Å². The lowest BCUT2D eigenvalue weighted by Crippen LogP contribution is -2.61. The second-order valence-electron chi connectivity index (χ2n) is 7.37. The maximum Gasteiger partial charge on any atom is 0.256 e. The van der Waals surface area contributed by atoms with Crippen LogP contribution in [0, 0.1) is 6.92 Å². The van der Waals surface area contributed by atoms with E-state index in [1.165, 1.54) is 0 Å². The number of hydrogen-bond acceptors (Lipinski definition) is 4. The normalized spacial score (nSPS) is 24.7. The minimum Gasteiger partial charge on any atom is -0.361 e. The first-order valence-corrected chi connectivity index (χ1v) is 9.09. The maximum atomic E-state index is 13.2. The SMILES string of the molecule is Cc1cncc(C(=O)N2CCOC3(CCCCN(C(C)C)C3=O)C2)c1. The van der Waals surface area contributed by atoms with Crippen molar-refractivity contribution in [2.24, 2.45) is 0 Å². The molecule has 0 bridgehead atoms. The Labute approximate surface area is 149 Å². The molecule has 136 valence electrons. The van der Waals surface area contributed by atoms with Gasteiger partial charge in [0.25, 0.3) is 11.8 Å². The smallest absolute Gasteiger partial charge is 0.256 e. The van der Waals surface area contributed by atoms with Crippen LogP contribution in [0.3, 0.4) is 0 Å². The number of carbonyl (C=O) groups excluding carboxylic acids is 2. The molecule has 0 radical (unpaired) electrons. The van der Waals surface area contributed by atoms with Crippen LogP contribution in [0.5, 0.6) is 0 Å². The number of carbonyl (C=O) groups is 2. The summed E-state index contributed by atoms with van der Waals surface area (Å²) in [6, 6.07) is 1.98. The molecule has 0 aromatic carbocycles. The van der Waals surface area contributed by atoms with Crippen LogP contribution in [0.25, 0.3) is 0 Å². The van der Waals surface area contributed by atoms with Crippen molar-refractivity contribution >= 4 is 11.8 Å². The summed E-state index contributed by atoms with van der Waals surface area (Å²) in [6.45, 7) is 7.95. The molecule has 2 aliphatic rings.